The minimum Gasteiger partial charge on any atom is -0.385 e. The fourth-order valence-corrected chi connectivity index (χ4v) is 0.417. The Kier molecular flexibility index (Phi) is 0.502. The Morgan fingerprint density at radius 3 is 3.75 bits per heavy atom. The van der Waals surface area contributed by atoms with Crippen molar-refractivity contribution < 1.29 is 6.94 Å². The molecule has 0 aromatic carbocycles. The van der Waals surface area contributed by atoms with Crippen LogP contribution in [0.3, 0.4) is 0 Å². The van der Waals surface area contributed by atoms with E-state index >= 15 is 0 Å². The highest BCUT2D eigenvalue weighted by Gasteiger charge is 2.02. The van der Waals surface area contributed by atoms with Crippen molar-refractivity contribution in [3.05, 3.63) is 11.9 Å². The van der Waals surface area contributed by atoms with Gasteiger partial charge in [0.05, 0.1) is 4.11 Å². The van der Waals surface area contributed by atoms with Crippen molar-refractivity contribution in [1.29, 1.82) is 0 Å². The molecular weight excluding hydrogens is 100 g/mol. The summed E-state index contributed by atoms with van der Waals surface area (Å²) in [7, 11) is 0. The fraction of sp³-hybridized carbons (Fsp3) is 0.667. The van der Waals surface area contributed by atoms with Crippen molar-refractivity contribution in [2.45, 2.75) is 19.9 Å². The fourth-order valence-electron chi connectivity index (χ4n) is 0.417. The van der Waals surface area contributed by atoms with Crippen LogP contribution in [0.4, 0.5) is 0 Å². The molecule has 2 nitrogen and oxygen atoms in total. The van der Waals surface area contributed by atoms with Gasteiger partial charge < -0.3 is 10.6 Å². The molecule has 1 rings (SSSR count). The maximum absolute atomic E-state index is 7.61. The van der Waals surface area contributed by atoms with Crippen LogP contribution in [-0.2, 0) is 0 Å². The summed E-state index contributed by atoms with van der Waals surface area (Å²) in [5.41, 5.74) is 0.310. The van der Waals surface area contributed by atoms with Crippen LogP contribution in [0.2, 0.25) is 2.82 Å². The molecule has 1 unspecified atom stereocenters. The van der Waals surface area contributed by atoms with E-state index in [2.05, 4.69) is 0 Å². The summed E-state index contributed by atoms with van der Waals surface area (Å²) in [6.45, 7) is 0.611. The normalized spacial score (nSPS) is 54.8. The third-order valence-electron chi connectivity index (χ3n) is 0.839. The average molecular weight is 117 g/mol. The van der Waals surface area contributed by atoms with Crippen LogP contribution in [0, 0.1) is 0 Å². The highest BCUT2D eigenvalue weighted by Crippen LogP contribution is 1.91. The van der Waals surface area contributed by atoms with Crippen molar-refractivity contribution in [3.63, 3.8) is 0 Å². The predicted molar refractivity (Wildman–Crippen MR) is 34.4 cm³/mol. The molecule has 0 aromatic rings. The van der Waals surface area contributed by atoms with E-state index in [1.54, 1.807) is 0 Å². The van der Waals surface area contributed by atoms with Crippen LogP contribution in [0.15, 0.2) is 11.9 Å². The predicted octanol–water partition coefficient (Wildman–Crippen LogP) is 0.429. The van der Waals surface area contributed by atoms with E-state index in [-0.39, 0.29) is 0 Å². The summed E-state index contributed by atoms with van der Waals surface area (Å²) in [5.74, 6) is 0. The first-order chi connectivity index (χ1) is 5.71. The summed E-state index contributed by atoms with van der Waals surface area (Å²) in [6.07, 6.45) is 1.27. The molecule has 1 aliphatic heterocycles. The second-order valence-corrected chi connectivity index (χ2v) is 1.71. The topological polar surface area (TPSA) is 24.1 Å². The van der Waals surface area contributed by atoms with Gasteiger partial charge in [-0.3, -0.25) is 0 Å². The lowest BCUT2D eigenvalue weighted by molar-refractivity contribution is 0.557. The van der Waals surface area contributed by atoms with Crippen molar-refractivity contribution in [3.8, 4) is 0 Å². The molecule has 2 heteroatoms. The lowest BCUT2D eigenvalue weighted by Gasteiger charge is -2.19. The van der Waals surface area contributed by atoms with Crippen LogP contribution in [0.5, 0.6) is 0 Å². The Balaban J connectivity index is 3.18. The van der Waals surface area contributed by atoms with Gasteiger partial charge in [-0.05, 0) is 13.8 Å². The minimum absolute atomic E-state index is 0.310. The number of nitrogens with one attached hydrogen (secondary N) is 2. The zero-order valence-electron chi connectivity index (χ0n) is 9.97. The summed E-state index contributed by atoms with van der Waals surface area (Å²) >= 11 is 0. The molecule has 1 heterocycles. The molecule has 0 aromatic heterocycles. The molecule has 2 N–H and O–H groups in total. The molecule has 8 heavy (non-hydrogen) atoms. The number of allylic oxidation sites excluding steroid dienone is 1. The van der Waals surface area contributed by atoms with E-state index in [4.69, 9.17) is 6.94 Å². The number of hydrogen-bond acceptors (Lipinski definition) is 2. The van der Waals surface area contributed by atoms with E-state index in [0.717, 1.165) is 5.31 Å². The van der Waals surface area contributed by atoms with Crippen LogP contribution in [-0.4, -0.2) is 12.5 Å². The SMILES string of the molecule is [2H]N1C(C)=CN([2H])C([2H])(C)C1([2H])[2H]. The van der Waals surface area contributed by atoms with Crippen LogP contribution in [0.1, 0.15) is 18.0 Å². The molecule has 0 spiro atoms. The largest absolute Gasteiger partial charge is 0.385 e. The monoisotopic (exact) mass is 117 g/mol. The van der Waals surface area contributed by atoms with E-state index in [0.29, 0.717) is 11.0 Å². The molecule has 46 valence electrons. The highest BCUT2D eigenvalue weighted by atomic mass is 15.0. The van der Waals surface area contributed by atoms with Crippen molar-refractivity contribution in [1.82, 2.24) is 10.6 Å². The molecule has 1 atom stereocenters. The first-order valence-electron chi connectivity index (χ1n) is 4.86. The van der Waals surface area contributed by atoms with E-state index in [1.165, 1.54) is 20.0 Å². The van der Waals surface area contributed by atoms with Gasteiger partial charge in [-0.15, -0.1) is 0 Å². The summed E-state index contributed by atoms with van der Waals surface area (Å²) < 4.78 is 37.4. The molecule has 0 bridgehead atoms. The molecule has 0 saturated carbocycles. The molecule has 1 aliphatic rings. The quantitative estimate of drug-likeness (QED) is 0.481. The Morgan fingerprint density at radius 1 is 2.25 bits per heavy atom. The van der Waals surface area contributed by atoms with Gasteiger partial charge in [-0.2, -0.15) is 0 Å². The maximum atomic E-state index is 7.61. The van der Waals surface area contributed by atoms with Crippen LogP contribution >= 0.6 is 0 Å². The summed E-state index contributed by atoms with van der Waals surface area (Å²) in [6, 6.07) is -1.77. The Bertz CT molecular complexity index is 249. The van der Waals surface area contributed by atoms with Gasteiger partial charge in [0.2, 0.25) is 0 Å². The average Bonchev–Trinajstić information content (AvgIpc) is 2.00. The zero-order chi connectivity index (χ0) is 10.4. The second kappa shape index (κ2) is 2.07. The van der Waals surface area contributed by atoms with E-state index in [1.807, 2.05) is 0 Å². The van der Waals surface area contributed by atoms with Gasteiger partial charge in [0.25, 0.3) is 0 Å². The second-order valence-electron chi connectivity index (χ2n) is 1.71. The highest BCUT2D eigenvalue weighted by molar-refractivity contribution is 4.99. The minimum atomic E-state index is -2.19. The van der Waals surface area contributed by atoms with Gasteiger partial charge in [0, 0.05) is 24.4 Å². The number of hydrogen-bond donors (Lipinski definition) is 2. The summed E-state index contributed by atoms with van der Waals surface area (Å²) in [5, 5.41) is 1.36. The van der Waals surface area contributed by atoms with Crippen LogP contribution in [0.25, 0.3) is 0 Å². The molecule has 0 fully saturated rings. The maximum Gasteiger partial charge on any atom is 0.160 e. The van der Waals surface area contributed by atoms with Crippen molar-refractivity contribution in [2.75, 3.05) is 6.50 Å². The van der Waals surface area contributed by atoms with Crippen molar-refractivity contribution in [2.24, 2.45) is 0 Å². The van der Waals surface area contributed by atoms with E-state index in [9.17, 15) is 0 Å². The zero-order valence-corrected chi connectivity index (χ0v) is 4.97. The molecule has 0 saturated heterocycles. The van der Waals surface area contributed by atoms with Gasteiger partial charge in [-0.1, -0.05) is 0 Å². The standard InChI is InChI=1S/C6H12N2/c1-5-3-8-6(2)4-7-5/h3,6-8H,4H2,1-2H3/i4D2,6D/hD2. The first-order valence-corrected chi connectivity index (χ1v) is 2.47. The lowest BCUT2D eigenvalue weighted by atomic mass is 10.3. The molecule has 0 aliphatic carbocycles. The van der Waals surface area contributed by atoms with Crippen LogP contribution < -0.4 is 10.6 Å². The van der Waals surface area contributed by atoms with Crippen molar-refractivity contribution >= 4 is 0 Å². The first kappa shape index (κ1) is 1.94. The molecular formula is C6H12N2. The molecule has 0 radical (unpaired) electrons. The third-order valence-corrected chi connectivity index (χ3v) is 0.839. The third kappa shape index (κ3) is 1.15. The van der Waals surface area contributed by atoms with Gasteiger partial charge in [0.15, 0.2) is 2.82 Å². The lowest BCUT2D eigenvalue weighted by Crippen LogP contribution is -2.37. The number of rotatable bonds is 0. The summed E-state index contributed by atoms with van der Waals surface area (Å²) in [4.78, 5) is 0. The molecule has 0 amide bonds. The Hall–Kier alpha value is -0.660. The smallest absolute Gasteiger partial charge is 0.160 e. The Morgan fingerprint density at radius 2 is 3.00 bits per heavy atom. The Labute approximate surface area is 57.1 Å². The van der Waals surface area contributed by atoms with Gasteiger partial charge in [-0.25, -0.2) is 0 Å². The van der Waals surface area contributed by atoms with Gasteiger partial charge in [0.1, 0.15) is 0 Å². The van der Waals surface area contributed by atoms with E-state index < -0.39 is 12.5 Å². The van der Waals surface area contributed by atoms with Gasteiger partial charge >= 0.3 is 0 Å².